The maximum atomic E-state index is 13.0. The maximum Gasteiger partial charge on any atom is 0.125 e. The van der Waals surface area contributed by atoms with E-state index in [0.29, 0.717) is 11.3 Å². The molecule has 0 radical (unpaired) electrons. The fourth-order valence-corrected chi connectivity index (χ4v) is 1.71. The van der Waals surface area contributed by atoms with Gasteiger partial charge in [-0.25, -0.2) is 9.37 Å². The molecule has 0 unspecified atom stereocenters. The third-order valence-corrected chi connectivity index (χ3v) is 2.34. The highest BCUT2D eigenvalue weighted by molar-refractivity contribution is 5.76. The van der Waals surface area contributed by atoms with Gasteiger partial charge in [-0.2, -0.15) is 5.26 Å². The highest BCUT2D eigenvalue weighted by atomic mass is 19.1. The Morgan fingerprint density at radius 2 is 2.33 bits per heavy atom. The minimum Gasteiger partial charge on any atom is -0.327 e. The summed E-state index contributed by atoms with van der Waals surface area (Å²) in [7, 11) is 0. The third-order valence-electron chi connectivity index (χ3n) is 2.34. The number of nitriles is 1. The lowest BCUT2D eigenvalue weighted by atomic mass is 10.3. The van der Waals surface area contributed by atoms with Crippen LogP contribution >= 0.6 is 0 Å². The SMILES string of the molecule is CCn1c(CC#N)nc2cc(F)ccc21. The van der Waals surface area contributed by atoms with Crippen molar-refractivity contribution in [3.05, 3.63) is 29.8 Å². The van der Waals surface area contributed by atoms with Crippen LogP contribution in [-0.4, -0.2) is 9.55 Å². The van der Waals surface area contributed by atoms with Crippen molar-refractivity contribution in [3.8, 4) is 6.07 Å². The Morgan fingerprint density at radius 1 is 1.53 bits per heavy atom. The molecule has 0 fully saturated rings. The molecule has 0 atom stereocenters. The zero-order valence-electron chi connectivity index (χ0n) is 8.37. The van der Waals surface area contributed by atoms with E-state index in [2.05, 4.69) is 11.1 Å². The van der Waals surface area contributed by atoms with Gasteiger partial charge in [-0.05, 0) is 19.1 Å². The lowest BCUT2D eigenvalue weighted by Gasteiger charge is -2.01. The molecule has 0 spiro atoms. The summed E-state index contributed by atoms with van der Waals surface area (Å²) in [6, 6.07) is 6.55. The number of rotatable bonds is 2. The molecule has 0 aliphatic rings. The Bertz CT molecular complexity index is 536. The molecule has 0 N–H and O–H groups in total. The van der Waals surface area contributed by atoms with Gasteiger partial charge in [-0.1, -0.05) is 0 Å². The molecule has 0 aliphatic carbocycles. The van der Waals surface area contributed by atoms with Crippen LogP contribution in [0, 0.1) is 17.1 Å². The van der Waals surface area contributed by atoms with Crippen LogP contribution in [-0.2, 0) is 13.0 Å². The molecule has 76 valence electrons. The zero-order chi connectivity index (χ0) is 10.8. The maximum absolute atomic E-state index is 13.0. The number of halogens is 1. The smallest absolute Gasteiger partial charge is 0.125 e. The number of imidazole rings is 1. The van der Waals surface area contributed by atoms with E-state index in [1.165, 1.54) is 12.1 Å². The number of aryl methyl sites for hydroxylation is 1. The molecule has 2 aromatic rings. The number of nitrogens with zero attached hydrogens (tertiary/aromatic N) is 3. The molecule has 0 saturated carbocycles. The van der Waals surface area contributed by atoms with Crippen molar-refractivity contribution < 1.29 is 4.39 Å². The van der Waals surface area contributed by atoms with Gasteiger partial charge in [-0.3, -0.25) is 0 Å². The Labute approximate surface area is 86.8 Å². The van der Waals surface area contributed by atoms with E-state index in [9.17, 15) is 4.39 Å². The first-order valence-corrected chi connectivity index (χ1v) is 4.78. The standard InChI is InChI=1S/C11H10FN3/c1-2-15-10-4-3-8(12)7-9(10)14-11(15)5-6-13/h3-4,7H,2,5H2,1H3. The van der Waals surface area contributed by atoms with Crippen LogP contribution in [0.5, 0.6) is 0 Å². The molecule has 0 amide bonds. The molecule has 0 bridgehead atoms. The second-order valence-corrected chi connectivity index (χ2v) is 3.24. The first kappa shape index (κ1) is 9.66. The summed E-state index contributed by atoms with van der Waals surface area (Å²) >= 11 is 0. The number of hydrogen-bond acceptors (Lipinski definition) is 2. The lowest BCUT2D eigenvalue weighted by molar-refractivity contribution is 0.629. The predicted octanol–water partition coefficient (Wildman–Crippen LogP) is 2.26. The van der Waals surface area contributed by atoms with E-state index < -0.39 is 0 Å². The minimum absolute atomic E-state index is 0.254. The fourth-order valence-electron chi connectivity index (χ4n) is 1.71. The van der Waals surface area contributed by atoms with E-state index in [1.54, 1.807) is 6.07 Å². The summed E-state index contributed by atoms with van der Waals surface area (Å²) in [4.78, 5) is 4.23. The summed E-state index contributed by atoms with van der Waals surface area (Å²) in [5, 5.41) is 8.64. The van der Waals surface area contributed by atoms with Gasteiger partial charge in [0.2, 0.25) is 0 Å². The molecule has 4 heteroatoms. The van der Waals surface area contributed by atoms with Crippen molar-refractivity contribution in [1.82, 2.24) is 9.55 Å². The molecule has 1 aromatic carbocycles. The fraction of sp³-hybridized carbons (Fsp3) is 0.273. The minimum atomic E-state index is -0.299. The van der Waals surface area contributed by atoms with Crippen molar-refractivity contribution in [1.29, 1.82) is 5.26 Å². The van der Waals surface area contributed by atoms with E-state index in [1.807, 2.05) is 11.5 Å². The van der Waals surface area contributed by atoms with Crippen LogP contribution in [0.4, 0.5) is 4.39 Å². The first-order valence-electron chi connectivity index (χ1n) is 4.78. The van der Waals surface area contributed by atoms with E-state index in [0.717, 1.165) is 12.1 Å². The molecule has 1 heterocycles. The lowest BCUT2D eigenvalue weighted by Crippen LogP contribution is -2.00. The van der Waals surface area contributed by atoms with E-state index in [4.69, 9.17) is 5.26 Å². The monoisotopic (exact) mass is 203 g/mol. The van der Waals surface area contributed by atoms with E-state index in [-0.39, 0.29) is 12.2 Å². The second kappa shape index (κ2) is 3.70. The van der Waals surface area contributed by atoms with Crippen LogP contribution in [0.2, 0.25) is 0 Å². The summed E-state index contributed by atoms with van der Waals surface area (Å²) in [6.45, 7) is 2.71. The summed E-state index contributed by atoms with van der Waals surface area (Å²) in [5.74, 6) is 0.396. The molecule has 0 aliphatic heterocycles. The molecular formula is C11H10FN3. The van der Waals surface area contributed by atoms with Gasteiger partial charge in [0.15, 0.2) is 0 Å². The molecular weight excluding hydrogens is 193 g/mol. The van der Waals surface area contributed by atoms with Gasteiger partial charge in [0.1, 0.15) is 11.6 Å². The molecule has 1 aromatic heterocycles. The topological polar surface area (TPSA) is 41.6 Å². The predicted molar refractivity (Wildman–Crippen MR) is 54.7 cm³/mol. The number of benzene rings is 1. The molecule has 3 nitrogen and oxygen atoms in total. The third kappa shape index (κ3) is 1.57. The highest BCUT2D eigenvalue weighted by Gasteiger charge is 2.09. The van der Waals surface area contributed by atoms with Gasteiger partial charge < -0.3 is 4.57 Å². The second-order valence-electron chi connectivity index (χ2n) is 3.24. The summed E-state index contributed by atoms with van der Waals surface area (Å²) < 4.78 is 14.9. The highest BCUT2D eigenvalue weighted by Crippen LogP contribution is 2.17. The van der Waals surface area contributed by atoms with Crippen molar-refractivity contribution >= 4 is 11.0 Å². The van der Waals surface area contributed by atoms with Gasteiger partial charge in [0.05, 0.1) is 23.5 Å². The molecule has 0 saturated heterocycles. The average Bonchev–Trinajstić information content (AvgIpc) is 2.54. The van der Waals surface area contributed by atoms with Gasteiger partial charge in [0, 0.05) is 12.6 Å². The zero-order valence-corrected chi connectivity index (χ0v) is 8.37. The average molecular weight is 203 g/mol. The van der Waals surface area contributed by atoms with Gasteiger partial charge in [0.25, 0.3) is 0 Å². The summed E-state index contributed by atoms with van der Waals surface area (Å²) in [5.41, 5.74) is 1.49. The van der Waals surface area contributed by atoms with E-state index >= 15 is 0 Å². The van der Waals surface area contributed by atoms with Crippen LogP contribution in [0.3, 0.4) is 0 Å². The van der Waals surface area contributed by atoms with Crippen LogP contribution in [0.25, 0.3) is 11.0 Å². The quantitative estimate of drug-likeness (QED) is 0.751. The number of aromatic nitrogens is 2. The normalized spacial score (nSPS) is 10.5. The van der Waals surface area contributed by atoms with Crippen LogP contribution < -0.4 is 0 Å². The Hall–Kier alpha value is -1.89. The van der Waals surface area contributed by atoms with Gasteiger partial charge >= 0.3 is 0 Å². The van der Waals surface area contributed by atoms with Gasteiger partial charge in [-0.15, -0.1) is 0 Å². The van der Waals surface area contributed by atoms with Crippen molar-refractivity contribution in [2.24, 2.45) is 0 Å². The van der Waals surface area contributed by atoms with Crippen molar-refractivity contribution in [2.75, 3.05) is 0 Å². The Balaban J connectivity index is 2.68. The molecule has 15 heavy (non-hydrogen) atoms. The summed E-state index contributed by atoms with van der Waals surface area (Å²) in [6.07, 6.45) is 0.254. The Morgan fingerprint density at radius 3 is 3.00 bits per heavy atom. The van der Waals surface area contributed by atoms with Crippen molar-refractivity contribution in [3.63, 3.8) is 0 Å². The largest absolute Gasteiger partial charge is 0.327 e. The molecule has 2 rings (SSSR count). The number of hydrogen-bond donors (Lipinski definition) is 0. The van der Waals surface area contributed by atoms with Crippen LogP contribution in [0.1, 0.15) is 12.7 Å². The van der Waals surface area contributed by atoms with Crippen LogP contribution in [0.15, 0.2) is 18.2 Å². The first-order chi connectivity index (χ1) is 7.26. The number of fused-ring (bicyclic) bond motifs is 1. The Kier molecular flexibility index (Phi) is 2.38. The van der Waals surface area contributed by atoms with Crippen molar-refractivity contribution in [2.45, 2.75) is 19.9 Å².